The number of rotatable bonds is 9. The van der Waals surface area contributed by atoms with E-state index in [0.717, 1.165) is 10.9 Å². The molecule has 0 aliphatic carbocycles. The first kappa shape index (κ1) is 31.3. The van der Waals surface area contributed by atoms with E-state index in [-0.39, 0.29) is 36.0 Å². The molecule has 4 aromatic carbocycles. The molecule has 7 aromatic rings. The molecule has 3 aromatic heterocycles. The second-order valence-electron chi connectivity index (χ2n) is 11.0. The number of amidine groups is 1. The van der Waals surface area contributed by atoms with Crippen LogP contribution in [0.15, 0.2) is 89.3 Å². The molecule has 0 unspecified atom stereocenters. The van der Waals surface area contributed by atoms with Crippen molar-refractivity contribution < 1.29 is 19.1 Å². The molecule has 0 fully saturated rings. The highest BCUT2D eigenvalue weighted by Gasteiger charge is 2.17. The number of nitrogens with two attached hydrogens (primary N) is 2. The SMILES string of the molecule is COc1cc2c(Nc3cccc(C#N)c3)nc(N)nc2cc1OCc1ccc2c(-c3nnc(-c4ccc(C(=N)NO)cc4)o3)cc(N)nc2c1. The predicted octanol–water partition coefficient (Wildman–Crippen LogP) is 5.57. The van der Waals surface area contributed by atoms with E-state index in [0.29, 0.717) is 61.7 Å². The van der Waals surface area contributed by atoms with Gasteiger partial charge >= 0.3 is 0 Å². The minimum Gasteiger partial charge on any atom is -0.493 e. The first-order chi connectivity index (χ1) is 24.3. The number of hydrogen-bond donors (Lipinski definition) is 6. The smallest absolute Gasteiger partial charge is 0.248 e. The summed E-state index contributed by atoms with van der Waals surface area (Å²) in [4.78, 5) is 13.3. The summed E-state index contributed by atoms with van der Waals surface area (Å²) in [7, 11) is 1.54. The van der Waals surface area contributed by atoms with Gasteiger partial charge in [0.1, 0.15) is 24.1 Å². The largest absolute Gasteiger partial charge is 0.493 e. The zero-order valence-electron chi connectivity index (χ0n) is 26.3. The molecule has 0 amide bonds. The lowest BCUT2D eigenvalue weighted by atomic mass is 10.1. The number of hydrogen-bond acceptors (Lipinski definition) is 14. The molecular formula is C35H27N11O4. The van der Waals surface area contributed by atoms with Crippen molar-refractivity contribution in [3.8, 4) is 40.5 Å². The number of methoxy groups -OCH3 is 1. The maximum absolute atomic E-state index is 9.28. The third-order valence-electron chi connectivity index (χ3n) is 7.73. The van der Waals surface area contributed by atoms with Gasteiger partial charge < -0.3 is 30.7 Å². The first-order valence-electron chi connectivity index (χ1n) is 15.0. The van der Waals surface area contributed by atoms with Crippen LogP contribution in [0, 0.1) is 16.7 Å². The molecule has 0 spiro atoms. The summed E-state index contributed by atoms with van der Waals surface area (Å²) >= 11 is 0. The van der Waals surface area contributed by atoms with Crippen LogP contribution in [0.2, 0.25) is 0 Å². The van der Waals surface area contributed by atoms with Crippen LogP contribution >= 0.6 is 0 Å². The van der Waals surface area contributed by atoms with Crippen molar-refractivity contribution in [2.75, 3.05) is 23.9 Å². The second kappa shape index (κ2) is 13.1. The number of hydroxylamine groups is 1. The fraction of sp³-hybridized carbons (Fsp3) is 0.0571. The normalized spacial score (nSPS) is 10.9. The predicted molar refractivity (Wildman–Crippen MR) is 186 cm³/mol. The Morgan fingerprint density at radius 2 is 1.70 bits per heavy atom. The van der Waals surface area contributed by atoms with Crippen LogP contribution in [0.5, 0.6) is 11.5 Å². The van der Waals surface area contributed by atoms with Gasteiger partial charge in [-0.05, 0) is 54.1 Å². The lowest BCUT2D eigenvalue weighted by Gasteiger charge is -2.15. The standard InChI is InChI=1S/C35H27N11O4/c1-48-28-13-25-27(42-35(39)43-32(25)40-22-4-2-3-18(11-22)16-36)15-29(28)49-17-19-5-10-23-24(14-30(37)41-26(23)12-19)34-45-44-33(50-34)21-8-6-20(7-9-21)31(38)46-47/h2-15,47H,17H2,1H3,(H2,37,41)(H2,38,46)(H3,39,40,42,43). The molecular weight excluding hydrogens is 638 g/mol. The lowest BCUT2D eigenvalue weighted by molar-refractivity contribution is 0.234. The van der Waals surface area contributed by atoms with Crippen LogP contribution in [-0.4, -0.2) is 43.3 Å². The van der Waals surface area contributed by atoms with E-state index in [1.54, 1.807) is 67.8 Å². The number of pyridine rings is 1. The van der Waals surface area contributed by atoms with Gasteiger partial charge in [-0.2, -0.15) is 10.2 Å². The van der Waals surface area contributed by atoms with Crippen molar-refractivity contribution in [3.63, 3.8) is 0 Å². The number of nitrogens with zero attached hydrogens (tertiary/aromatic N) is 6. The Labute approximate surface area is 283 Å². The van der Waals surface area contributed by atoms with Crippen molar-refractivity contribution in [3.05, 3.63) is 102 Å². The van der Waals surface area contributed by atoms with Crippen LogP contribution in [0.4, 0.5) is 23.3 Å². The Balaban J connectivity index is 1.14. The van der Waals surface area contributed by atoms with Gasteiger partial charge in [0.05, 0.1) is 35.3 Å². The van der Waals surface area contributed by atoms with Gasteiger partial charge in [0.15, 0.2) is 11.5 Å². The van der Waals surface area contributed by atoms with Crippen LogP contribution in [0.3, 0.4) is 0 Å². The molecule has 246 valence electrons. The van der Waals surface area contributed by atoms with Gasteiger partial charge in [-0.25, -0.2) is 9.97 Å². The van der Waals surface area contributed by atoms with Gasteiger partial charge in [-0.1, -0.05) is 30.3 Å². The highest BCUT2D eigenvalue weighted by Crippen LogP contribution is 2.37. The van der Waals surface area contributed by atoms with E-state index < -0.39 is 0 Å². The van der Waals surface area contributed by atoms with E-state index >= 15 is 0 Å². The van der Waals surface area contributed by atoms with Crippen molar-refractivity contribution >= 4 is 50.9 Å². The average Bonchev–Trinajstić information content (AvgIpc) is 3.63. The van der Waals surface area contributed by atoms with E-state index in [9.17, 15) is 5.26 Å². The lowest BCUT2D eigenvalue weighted by Crippen LogP contribution is -2.18. The number of benzene rings is 4. The number of nitrogens with one attached hydrogen (secondary N) is 3. The molecule has 0 aliphatic rings. The molecule has 0 aliphatic heterocycles. The quantitative estimate of drug-likeness (QED) is 0.0628. The van der Waals surface area contributed by atoms with Gasteiger partial charge in [0.25, 0.3) is 0 Å². The highest BCUT2D eigenvalue weighted by atomic mass is 16.5. The average molecular weight is 666 g/mol. The number of anilines is 4. The van der Waals surface area contributed by atoms with Crippen LogP contribution in [0.1, 0.15) is 16.7 Å². The molecule has 0 bridgehead atoms. The summed E-state index contributed by atoms with van der Waals surface area (Å²) in [5, 5.41) is 39.0. The molecule has 0 radical (unpaired) electrons. The summed E-state index contributed by atoms with van der Waals surface area (Å²) in [6.07, 6.45) is 0. The van der Waals surface area contributed by atoms with Gasteiger partial charge in [-0.3, -0.25) is 16.1 Å². The van der Waals surface area contributed by atoms with Gasteiger partial charge in [0.2, 0.25) is 17.7 Å². The van der Waals surface area contributed by atoms with Crippen LogP contribution in [0.25, 0.3) is 44.7 Å². The van der Waals surface area contributed by atoms with Crippen molar-refractivity contribution in [1.82, 2.24) is 30.6 Å². The molecule has 8 N–H and O–H groups in total. The molecule has 15 nitrogen and oxygen atoms in total. The second-order valence-corrected chi connectivity index (χ2v) is 11.0. The molecule has 15 heteroatoms. The Kier molecular flexibility index (Phi) is 8.18. The minimum absolute atomic E-state index is 0.0600. The van der Waals surface area contributed by atoms with Gasteiger partial charge in [-0.15, -0.1) is 10.2 Å². The molecule has 0 atom stereocenters. The summed E-state index contributed by atoms with van der Waals surface area (Å²) in [6.45, 7) is 0.167. The zero-order chi connectivity index (χ0) is 34.8. The first-order valence-corrected chi connectivity index (χ1v) is 15.0. The molecule has 7 rings (SSSR count). The van der Waals surface area contributed by atoms with E-state index in [1.165, 1.54) is 0 Å². The maximum atomic E-state index is 9.28. The highest BCUT2D eigenvalue weighted by molar-refractivity contribution is 5.96. The number of fused-ring (bicyclic) bond motifs is 2. The molecule has 50 heavy (non-hydrogen) atoms. The topological polar surface area (TPSA) is 240 Å². The fourth-order valence-corrected chi connectivity index (χ4v) is 5.34. The van der Waals surface area contributed by atoms with Crippen molar-refractivity contribution in [2.45, 2.75) is 6.61 Å². The Hall–Kier alpha value is -7.31. The fourth-order valence-electron chi connectivity index (χ4n) is 5.34. The number of nitriles is 1. The molecule has 0 saturated carbocycles. The number of aromatic nitrogens is 5. The third-order valence-corrected chi connectivity index (χ3v) is 7.73. The summed E-state index contributed by atoms with van der Waals surface area (Å²) < 4.78 is 17.9. The van der Waals surface area contributed by atoms with E-state index in [4.69, 9.17) is 36.0 Å². The summed E-state index contributed by atoms with van der Waals surface area (Å²) in [6, 6.07) is 26.7. The third kappa shape index (κ3) is 6.20. The van der Waals surface area contributed by atoms with Gasteiger partial charge in [0, 0.05) is 33.7 Å². The van der Waals surface area contributed by atoms with E-state index in [2.05, 4.69) is 36.5 Å². The molecule has 3 heterocycles. The maximum Gasteiger partial charge on any atom is 0.248 e. The molecule has 0 saturated heterocycles. The Morgan fingerprint density at radius 3 is 2.48 bits per heavy atom. The minimum atomic E-state index is -0.134. The van der Waals surface area contributed by atoms with E-state index in [1.807, 2.05) is 29.7 Å². The number of nitrogen functional groups attached to an aromatic ring is 2. The summed E-state index contributed by atoms with van der Waals surface area (Å²) in [5.41, 5.74) is 18.9. The summed E-state index contributed by atoms with van der Waals surface area (Å²) in [5.74, 6) is 2.06. The monoisotopic (exact) mass is 665 g/mol. The van der Waals surface area contributed by atoms with Crippen LogP contribution < -0.4 is 31.7 Å². The Morgan fingerprint density at radius 1 is 0.900 bits per heavy atom. The van der Waals surface area contributed by atoms with Crippen molar-refractivity contribution in [2.24, 2.45) is 0 Å². The van der Waals surface area contributed by atoms with Crippen LogP contribution in [-0.2, 0) is 6.61 Å². The number of ether oxygens (including phenoxy) is 2. The zero-order valence-corrected chi connectivity index (χ0v) is 26.3. The Bertz CT molecular complexity index is 2460. The van der Waals surface area contributed by atoms with Crippen molar-refractivity contribution in [1.29, 1.82) is 10.7 Å².